The maximum Gasteiger partial charge on any atom is 0.234 e. The van der Waals surface area contributed by atoms with Gasteiger partial charge < -0.3 is 11.1 Å². The molecule has 0 spiro atoms. The van der Waals surface area contributed by atoms with Crippen molar-refractivity contribution in [1.82, 2.24) is 10.2 Å². The van der Waals surface area contributed by atoms with Gasteiger partial charge in [-0.2, -0.15) is 0 Å². The second-order valence-electron chi connectivity index (χ2n) is 5.44. The van der Waals surface area contributed by atoms with Crippen molar-refractivity contribution in [3.05, 3.63) is 0 Å². The summed E-state index contributed by atoms with van der Waals surface area (Å²) in [4.78, 5) is 14.2. The van der Waals surface area contributed by atoms with Crippen LogP contribution in [0.1, 0.15) is 46.5 Å². The Kier molecular flexibility index (Phi) is 6.65. The van der Waals surface area contributed by atoms with Gasteiger partial charge in [0.15, 0.2) is 0 Å². The average molecular weight is 255 g/mol. The molecule has 1 fully saturated rings. The number of carbonyl (C=O) groups excluding carboxylic acids is 1. The first kappa shape index (κ1) is 15.4. The number of piperidine rings is 1. The van der Waals surface area contributed by atoms with Crippen LogP contribution in [0.25, 0.3) is 0 Å². The molecule has 18 heavy (non-hydrogen) atoms. The fourth-order valence-corrected chi connectivity index (χ4v) is 2.67. The van der Waals surface area contributed by atoms with E-state index in [2.05, 4.69) is 31.0 Å². The first-order valence-electron chi connectivity index (χ1n) is 7.37. The molecule has 0 bridgehead atoms. The molecule has 1 saturated heterocycles. The minimum atomic E-state index is 0.161. The van der Waals surface area contributed by atoms with E-state index in [0.717, 1.165) is 38.8 Å². The summed E-state index contributed by atoms with van der Waals surface area (Å²) in [6, 6.07) is 0.639. The Morgan fingerprint density at radius 3 is 2.61 bits per heavy atom. The van der Waals surface area contributed by atoms with E-state index in [9.17, 15) is 4.79 Å². The largest absolute Gasteiger partial charge is 0.352 e. The van der Waals surface area contributed by atoms with Crippen LogP contribution in [0.3, 0.4) is 0 Å². The van der Waals surface area contributed by atoms with Gasteiger partial charge in [0.25, 0.3) is 0 Å². The van der Waals surface area contributed by atoms with Gasteiger partial charge in [0.05, 0.1) is 6.54 Å². The predicted octanol–water partition coefficient (Wildman–Crippen LogP) is 1.35. The summed E-state index contributed by atoms with van der Waals surface area (Å²) in [6.07, 6.45) is 4.12. The van der Waals surface area contributed by atoms with Crippen molar-refractivity contribution in [2.24, 2.45) is 11.7 Å². The van der Waals surface area contributed by atoms with Gasteiger partial charge >= 0.3 is 0 Å². The summed E-state index contributed by atoms with van der Waals surface area (Å²) < 4.78 is 0. The average Bonchev–Trinajstić information content (AvgIpc) is 2.38. The Morgan fingerprint density at radius 1 is 1.39 bits per heavy atom. The van der Waals surface area contributed by atoms with Crippen LogP contribution in [0, 0.1) is 5.92 Å². The lowest BCUT2D eigenvalue weighted by atomic mass is 9.91. The Morgan fingerprint density at radius 2 is 2.06 bits per heavy atom. The lowest BCUT2D eigenvalue weighted by molar-refractivity contribution is -0.123. The van der Waals surface area contributed by atoms with Crippen molar-refractivity contribution < 1.29 is 4.79 Å². The monoisotopic (exact) mass is 255 g/mol. The van der Waals surface area contributed by atoms with Crippen LogP contribution >= 0.6 is 0 Å². The molecule has 0 saturated carbocycles. The van der Waals surface area contributed by atoms with Crippen molar-refractivity contribution >= 4 is 5.91 Å². The van der Waals surface area contributed by atoms with Crippen molar-refractivity contribution in [3.63, 3.8) is 0 Å². The molecule has 1 amide bonds. The maximum absolute atomic E-state index is 11.9. The zero-order valence-electron chi connectivity index (χ0n) is 12.1. The molecular formula is C14H29N3O. The van der Waals surface area contributed by atoms with Gasteiger partial charge in [-0.3, -0.25) is 9.69 Å². The molecule has 0 aromatic rings. The third-order valence-corrected chi connectivity index (χ3v) is 4.12. The summed E-state index contributed by atoms with van der Waals surface area (Å²) in [6.45, 7) is 8.85. The Bertz CT molecular complexity index is 253. The summed E-state index contributed by atoms with van der Waals surface area (Å²) >= 11 is 0. The number of carbonyl (C=O) groups is 1. The molecule has 2 atom stereocenters. The van der Waals surface area contributed by atoms with Crippen LogP contribution < -0.4 is 11.1 Å². The van der Waals surface area contributed by atoms with E-state index in [0.29, 0.717) is 24.5 Å². The number of nitrogens with zero attached hydrogens (tertiary/aromatic N) is 1. The number of rotatable bonds is 6. The fraction of sp³-hybridized carbons (Fsp3) is 0.929. The van der Waals surface area contributed by atoms with E-state index in [-0.39, 0.29) is 5.91 Å². The fourth-order valence-electron chi connectivity index (χ4n) is 2.67. The molecule has 1 aliphatic heterocycles. The third-order valence-electron chi connectivity index (χ3n) is 4.12. The van der Waals surface area contributed by atoms with Crippen molar-refractivity contribution in [3.8, 4) is 0 Å². The van der Waals surface area contributed by atoms with Crippen LogP contribution in [0.4, 0.5) is 0 Å². The molecule has 0 radical (unpaired) electrons. The Labute approximate surface area is 111 Å². The van der Waals surface area contributed by atoms with Gasteiger partial charge in [0, 0.05) is 25.2 Å². The summed E-state index contributed by atoms with van der Waals surface area (Å²) in [5, 5.41) is 3.10. The van der Waals surface area contributed by atoms with E-state index in [1.165, 1.54) is 0 Å². The second-order valence-corrected chi connectivity index (χ2v) is 5.44. The van der Waals surface area contributed by atoms with Gasteiger partial charge in [-0.15, -0.1) is 0 Å². The smallest absolute Gasteiger partial charge is 0.234 e. The normalized spacial score (nSPS) is 25.4. The highest BCUT2D eigenvalue weighted by Crippen LogP contribution is 2.18. The molecule has 2 unspecified atom stereocenters. The van der Waals surface area contributed by atoms with Crippen LogP contribution in [-0.4, -0.2) is 42.5 Å². The predicted molar refractivity (Wildman–Crippen MR) is 75.3 cm³/mol. The first-order chi connectivity index (χ1) is 8.60. The number of amides is 1. The second kappa shape index (κ2) is 7.74. The van der Waals surface area contributed by atoms with Gasteiger partial charge in [-0.25, -0.2) is 0 Å². The topological polar surface area (TPSA) is 58.4 Å². The highest BCUT2D eigenvalue weighted by atomic mass is 16.2. The molecule has 3 N–H and O–H groups in total. The zero-order valence-corrected chi connectivity index (χ0v) is 12.1. The Hall–Kier alpha value is -0.610. The number of nitrogens with two attached hydrogens (primary N) is 1. The quantitative estimate of drug-likeness (QED) is 0.753. The van der Waals surface area contributed by atoms with Crippen molar-refractivity contribution in [2.75, 3.05) is 19.6 Å². The van der Waals surface area contributed by atoms with Crippen molar-refractivity contribution in [2.45, 2.75) is 58.5 Å². The number of nitrogens with one attached hydrogen (secondary N) is 1. The van der Waals surface area contributed by atoms with Gasteiger partial charge in [0.2, 0.25) is 5.91 Å². The Balaban J connectivity index is 2.36. The van der Waals surface area contributed by atoms with Crippen molar-refractivity contribution in [1.29, 1.82) is 0 Å². The van der Waals surface area contributed by atoms with Gasteiger partial charge in [-0.1, -0.05) is 27.2 Å². The molecule has 1 rings (SSSR count). The van der Waals surface area contributed by atoms with Crippen LogP contribution in [0.5, 0.6) is 0 Å². The molecule has 4 nitrogen and oxygen atoms in total. The van der Waals surface area contributed by atoms with E-state index >= 15 is 0 Å². The van der Waals surface area contributed by atoms with E-state index in [4.69, 9.17) is 5.73 Å². The summed E-state index contributed by atoms with van der Waals surface area (Å²) in [7, 11) is 0. The minimum Gasteiger partial charge on any atom is -0.352 e. The minimum absolute atomic E-state index is 0.161. The summed E-state index contributed by atoms with van der Waals surface area (Å²) in [5.41, 5.74) is 6.08. The molecule has 0 aliphatic carbocycles. The third kappa shape index (κ3) is 4.58. The van der Waals surface area contributed by atoms with Crippen LogP contribution in [-0.2, 0) is 4.79 Å². The van der Waals surface area contributed by atoms with E-state index < -0.39 is 0 Å². The lowest BCUT2D eigenvalue weighted by Gasteiger charge is -2.36. The van der Waals surface area contributed by atoms with E-state index in [1.807, 2.05) is 0 Å². The molecule has 106 valence electrons. The maximum atomic E-state index is 11.9. The van der Waals surface area contributed by atoms with Crippen LogP contribution in [0.2, 0.25) is 0 Å². The van der Waals surface area contributed by atoms with E-state index in [1.54, 1.807) is 0 Å². The number of likely N-dealkylation sites (tertiary alicyclic amines) is 1. The standard InChI is InChI=1S/C14H29N3O/c1-4-11-9-17(8-7-13(11)15)10-14(18)16-12(5-2)6-3/h11-13H,4-10,15H2,1-3H3,(H,16,18). The molecule has 0 aromatic heterocycles. The molecule has 4 heteroatoms. The van der Waals surface area contributed by atoms with Gasteiger partial charge in [0.1, 0.15) is 0 Å². The number of hydrogen-bond acceptors (Lipinski definition) is 3. The molecular weight excluding hydrogens is 226 g/mol. The first-order valence-corrected chi connectivity index (χ1v) is 7.37. The van der Waals surface area contributed by atoms with Gasteiger partial charge in [-0.05, 0) is 25.2 Å². The van der Waals surface area contributed by atoms with Crippen LogP contribution in [0.15, 0.2) is 0 Å². The highest BCUT2D eigenvalue weighted by molar-refractivity contribution is 5.78. The molecule has 0 aromatic carbocycles. The number of hydrogen-bond donors (Lipinski definition) is 2. The molecule has 1 heterocycles. The molecule has 1 aliphatic rings. The highest BCUT2D eigenvalue weighted by Gasteiger charge is 2.26. The summed E-state index contributed by atoms with van der Waals surface area (Å²) in [5.74, 6) is 0.703. The zero-order chi connectivity index (χ0) is 13.5. The SMILES string of the molecule is CCC(CC)NC(=O)CN1CCC(N)C(CC)C1. The lowest BCUT2D eigenvalue weighted by Crippen LogP contribution is -2.50.